The Bertz CT molecular complexity index is 1130. The molecule has 5 heteroatoms. The van der Waals surface area contributed by atoms with Crippen molar-refractivity contribution in [3.8, 4) is 5.69 Å². The number of hydrogen-bond donors (Lipinski definition) is 0. The first-order chi connectivity index (χ1) is 15.0. The summed E-state index contributed by atoms with van der Waals surface area (Å²) in [5.41, 5.74) is 8.93. The summed E-state index contributed by atoms with van der Waals surface area (Å²) < 4.78 is 2.44. The lowest BCUT2D eigenvalue weighted by Gasteiger charge is -2.32. The van der Waals surface area contributed by atoms with Gasteiger partial charge in [0.05, 0.1) is 17.4 Å². The molecule has 31 heavy (non-hydrogen) atoms. The number of aliphatic imine (C=N–C) groups is 1. The number of amidine groups is 1. The Morgan fingerprint density at radius 2 is 1.81 bits per heavy atom. The first kappa shape index (κ1) is 20.4. The first-order valence-corrected chi connectivity index (χ1v) is 12.1. The summed E-state index contributed by atoms with van der Waals surface area (Å²) in [6.07, 6.45) is 3.02. The van der Waals surface area contributed by atoms with E-state index in [2.05, 4.69) is 80.5 Å². The largest absolute Gasteiger partial charge is 0.338 e. The van der Waals surface area contributed by atoms with Gasteiger partial charge in [-0.25, -0.2) is 0 Å². The van der Waals surface area contributed by atoms with Gasteiger partial charge < -0.3 is 9.47 Å². The summed E-state index contributed by atoms with van der Waals surface area (Å²) in [6.45, 7) is 11.2. The zero-order valence-corrected chi connectivity index (χ0v) is 19.8. The van der Waals surface area contributed by atoms with Gasteiger partial charge in [-0.2, -0.15) is 0 Å². The van der Waals surface area contributed by atoms with Crippen molar-refractivity contribution in [2.75, 3.05) is 5.75 Å². The number of hydrogen-bond acceptors (Lipinski definition) is 4. The van der Waals surface area contributed by atoms with Crippen molar-refractivity contribution in [1.82, 2.24) is 14.5 Å². The van der Waals surface area contributed by atoms with E-state index in [0.29, 0.717) is 6.04 Å². The molecule has 160 valence electrons. The second kappa shape index (κ2) is 7.86. The number of aryl methyl sites for hydroxylation is 3. The van der Waals surface area contributed by atoms with E-state index < -0.39 is 0 Å². The molecule has 2 aromatic heterocycles. The number of thioether (sulfide) groups is 1. The topological polar surface area (TPSA) is 33.4 Å². The van der Waals surface area contributed by atoms with Crippen molar-refractivity contribution in [2.24, 2.45) is 4.99 Å². The molecule has 0 unspecified atom stereocenters. The van der Waals surface area contributed by atoms with Crippen LogP contribution in [0.1, 0.15) is 59.2 Å². The van der Waals surface area contributed by atoms with Crippen LogP contribution >= 0.6 is 11.8 Å². The summed E-state index contributed by atoms with van der Waals surface area (Å²) in [5.74, 6) is 1.12. The van der Waals surface area contributed by atoms with E-state index >= 15 is 0 Å². The maximum absolute atomic E-state index is 5.20. The molecule has 0 bridgehead atoms. The fraction of sp³-hybridized carbons (Fsp3) is 0.385. The van der Waals surface area contributed by atoms with Crippen LogP contribution in [0.5, 0.6) is 0 Å². The lowest BCUT2D eigenvalue weighted by atomic mass is 9.95. The van der Waals surface area contributed by atoms with Gasteiger partial charge in [-0.3, -0.25) is 9.98 Å². The Labute approximate surface area is 189 Å². The molecule has 3 aromatic rings. The average Bonchev–Trinajstić information content (AvgIpc) is 3.41. The minimum atomic E-state index is 0.0324. The predicted octanol–water partition coefficient (Wildman–Crippen LogP) is 6.09. The maximum Gasteiger partial charge on any atom is 0.160 e. The Kier molecular flexibility index (Phi) is 5.17. The standard InChI is InChI=1S/C26H30N4S/c1-6-20-15-31-26-28-23(22-12-7-8-13-27-22)25(30(20)26)21-14-18(4)29(19(21)5)24-16(2)10-9-11-17(24)3/h7-14,20,23,25H,6,15H2,1-5H3/t20-,23-,25+/m1/s1. The smallest absolute Gasteiger partial charge is 0.160 e. The van der Waals surface area contributed by atoms with E-state index in [0.717, 1.165) is 17.9 Å². The molecule has 5 rings (SSSR count). The fourth-order valence-electron chi connectivity index (χ4n) is 5.28. The Balaban J connectivity index is 1.67. The molecule has 2 aliphatic heterocycles. The lowest BCUT2D eigenvalue weighted by Crippen LogP contribution is -2.35. The summed E-state index contributed by atoms with van der Waals surface area (Å²) in [6, 6.07) is 15.9. The van der Waals surface area contributed by atoms with Crippen LogP contribution in [0.2, 0.25) is 0 Å². The Morgan fingerprint density at radius 3 is 2.48 bits per heavy atom. The molecular formula is C26H30N4S. The third-order valence-electron chi connectivity index (χ3n) is 6.78. The van der Waals surface area contributed by atoms with E-state index in [1.807, 2.05) is 24.0 Å². The third-order valence-corrected chi connectivity index (χ3v) is 7.91. The Morgan fingerprint density at radius 1 is 1.03 bits per heavy atom. The fourth-order valence-corrected chi connectivity index (χ4v) is 6.61. The molecule has 3 atom stereocenters. The van der Waals surface area contributed by atoms with Crippen LogP contribution in [0.15, 0.2) is 53.7 Å². The van der Waals surface area contributed by atoms with Crippen LogP contribution in [-0.4, -0.2) is 31.4 Å². The minimum Gasteiger partial charge on any atom is -0.338 e. The lowest BCUT2D eigenvalue weighted by molar-refractivity contribution is 0.254. The quantitative estimate of drug-likeness (QED) is 0.502. The zero-order chi connectivity index (χ0) is 21.7. The summed E-state index contributed by atoms with van der Waals surface area (Å²) >= 11 is 1.90. The number of rotatable bonds is 4. The van der Waals surface area contributed by atoms with Crippen molar-refractivity contribution >= 4 is 16.9 Å². The van der Waals surface area contributed by atoms with Gasteiger partial charge in [0.1, 0.15) is 6.04 Å². The zero-order valence-electron chi connectivity index (χ0n) is 19.0. The number of nitrogens with zero attached hydrogens (tertiary/aromatic N) is 4. The van der Waals surface area contributed by atoms with Crippen molar-refractivity contribution in [2.45, 2.75) is 59.2 Å². The van der Waals surface area contributed by atoms with Crippen LogP contribution in [0.25, 0.3) is 5.69 Å². The molecular weight excluding hydrogens is 400 g/mol. The predicted molar refractivity (Wildman–Crippen MR) is 130 cm³/mol. The van der Waals surface area contributed by atoms with Gasteiger partial charge in [0.25, 0.3) is 0 Å². The molecule has 1 aromatic carbocycles. The molecule has 4 nitrogen and oxygen atoms in total. The highest BCUT2D eigenvalue weighted by Gasteiger charge is 2.46. The number of aromatic nitrogens is 2. The van der Waals surface area contributed by atoms with E-state index in [1.165, 1.54) is 38.9 Å². The Hall–Kier alpha value is -2.53. The van der Waals surface area contributed by atoms with Gasteiger partial charge in [0, 0.05) is 29.4 Å². The molecule has 4 heterocycles. The van der Waals surface area contributed by atoms with Crippen LogP contribution in [0.3, 0.4) is 0 Å². The van der Waals surface area contributed by atoms with Gasteiger partial charge in [-0.05, 0) is 69.0 Å². The van der Waals surface area contributed by atoms with Gasteiger partial charge >= 0.3 is 0 Å². The van der Waals surface area contributed by atoms with Crippen molar-refractivity contribution < 1.29 is 0 Å². The van der Waals surface area contributed by atoms with E-state index in [1.54, 1.807) is 0 Å². The SMILES string of the molecule is CC[C@@H]1CSC2=N[C@H](c3ccccn3)[C@H](c3cc(C)n(-c4c(C)cccc4C)c3C)N21. The summed E-state index contributed by atoms with van der Waals surface area (Å²) in [4.78, 5) is 12.5. The van der Waals surface area contributed by atoms with E-state index in [9.17, 15) is 0 Å². The van der Waals surface area contributed by atoms with E-state index in [-0.39, 0.29) is 12.1 Å². The van der Waals surface area contributed by atoms with Gasteiger partial charge in [0.2, 0.25) is 0 Å². The highest BCUT2D eigenvalue weighted by molar-refractivity contribution is 8.14. The maximum atomic E-state index is 5.20. The van der Waals surface area contributed by atoms with Crippen molar-refractivity contribution in [3.63, 3.8) is 0 Å². The summed E-state index contributed by atoms with van der Waals surface area (Å²) in [7, 11) is 0. The van der Waals surface area contributed by atoms with Gasteiger partial charge in [-0.15, -0.1) is 0 Å². The van der Waals surface area contributed by atoms with E-state index in [4.69, 9.17) is 9.98 Å². The molecule has 0 spiro atoms. The second-order valence-corrected chi connectivity index (χ2v) is 9.73. The summed E-state index contributed by atoms with van der Waals surface area (Å²) in [5, 5.41) is 1.18. The van der Waals surface area contributed by atoms with Crippen molar-refractivity contribution in [3.05, 3.63) is 82.4 Å². The number of para-hydroxylation sites is 1. The minimum absolute atomic E-state index is 0.0324. The van der Waals surface area contributed by atoms with Gasteiger partial charge in [-0.1, -0.05) is 43.0 Å². The second-order valence-electron chi connectivity index (χ2n) is 8.74. The molecule has 2 aliphatic rings. The first-order valence-electron chi connectivity index (χ1n) is 11.2. The third kappa shape index (κ3) is 3.21. The molecule has 1 fully saturated rings. The van der Waals surface area contributed by atoms with Crippen LogP contribution < -0.4 is 0 Å². The van der Waals surface area contributed by atoms with Crippen LogP contribution in [0.4, 0.5) is 0 Å². The van der Waals surface area contributed by atoms with Crippen LogP contribution in [0, 0.1) is 27.7 Å². The molecule has 0 aliphatic carbocycles. The number of fused-ring (bicyclic) bond motifs is 1. The average molecular weight is 431 g/mol. The molecule has 0 saturated carbocycles. The van der Waals surface area contributed by atoms with Crippen LogP contribution in [-0.2, 0) is 0 Å². The molecule has 0 amide bonds. The van der Waals surface area contributed by atoms with Gasteiger partial charge in [0.15, 0.2) is 5.17 Å². The normalized spacial score (nSPS) is 22.7. The highest BCUT2D eigenvalue weighted by Crippen LogP contribution is 2.50. The number of benzene rings is 1. The highest BCUT2D eigenvalue weighted by atomic mass is 32.2. The number of pyridine rings is 1. The molecule has 0 radical (unpaired) electrons. The molecule has 0 N–H and O–H groups in total. The van der Waals surface area contributed by atoms with Crippen molar-refractivity contribution in [1.29, 1.82) is 0 Å². The monoisotopic (exact) mass is 430 g/mol. The molecule has 1 saturated heterocycles.